The number of nitrogens with zero attached hydrogens (tertiary/aromatic N) is 2. The van der Waals surface area contributed by atoms with Crippen molar-refractivity contribution in [3.05, 3.63) is 35.9 Å². The van der Waals surface area contributed by atoms with Crippen molar-refractivity contribution in [2.75, 3.05) is 46.3 Å². The van der Waals surface area contributed by atoms with E-state index in [1.165, 1.54) is 0 Å². The van der Waals surface area contributed by atoms with Gasteiger partial charge in [-0.1, -0.05) is 37.3 Å². The number of rotatable bonds is 7. The van der Waals surface area contributed by atoms with Gasteiger partial charge in [0.2, 0.25) is 5.91 Å². The zero-order valence-corrected chi connectivity index (χ0v) is 18.0. The van der Waals surface area contributed by atoms with Crippen molar-refractivity contribution in [2.45, 2.75) is 19.4 Å². The minimum atomic E-state index is -0.232. The van der Waals surface area contributed by atoms with Crippen molar-refractivity contribution in [1.29, 1.82) is 0 Å². The van der Waals surface area contributed by atoms with Gasteiger partial charge in [0.1, 0.15) is 0 Å². The van der Waals surface area contributed by atoms with Crippen LogP contribution in [-0.4, -0.2) is 62.0 Å². The van der Waals surface area contributed by atoms with Gasteiger partial charge in [-0.05, 0) is 18.5 Å². The molecule has 3 N–H and O–H groups in total. The molecule has 1 aliphatic rings. The molecule has 152 valence electrons. The van der Waals surface area contributed by atoms with Gasteiger partial charge in [0.15, 0.2) is 0 Å². The number of nitrogens with two attached hydrogens (primary N) is 1. The molecule has 1 aliphatic heterocycles. The number of carbonyl (C=O) groups excluding carboxylic acids is 1. The van der Waals surface area contributed by atoms with Gasteiger partial charge in [0.05, 0.1) is 0 Å². The standard InChI is InChI=1S/C18H30N4O.3ClH/c1-15(14-22-10-8-21(2)9-11-22)13-20-18(23)12-17(19)16-6-4-3-5-7-16;;;/h3-7,15,17H,8-14,19H2,1-2H3,(H,20,23);3*1H. The van der Waals surface area contributed by atoms with Crippen LogP contribution in [0.3, 0.4) is 0 Å². The summed E-state index contributed by atoms with van der Waals surface area (Å²) < 4.78 is 0. The van der Waals surface area contributed by atoms with E-state index in [-0.39, 0.29) is 49.2 Å². The first-order chi connectivity index (χ1) is 11.0. The summed E-state index contributed by atoms with van der Waals surface area (Å²) in [6.07, 6.45) is 0.339. The van der Waals surface area contributed by atoms with E-state index in [0.717, 1.165) is 38.3 Å². The molecule has 2 unspecified atom stereocenters. The number of piperazine rings is 1. The van der Waals surface area contributed by atoms with Gasteiger partial charge >= 0.3 is 0 Å². The van der Waals surface area contributed by atoms with Crippen molar-refractivity contribution < 1.29 is 4.79 Å². The lowest BCUT2D eigenvalue weighted by Crippen LogP contribution is -2.47. The maximum atomic E-state index is 12.1. The molecular weight excluding hydrogens is 395 g/mol. The highest BCUT2D eigenvalue weighted by atomic mass is 35.5. The van der Waals surface area contributed by atoms with Crippen LogP contribution < -0.4 is 11.1 Å². The van der Waals surface area contributed by atoms with E-state index in [9.17, 15) is 4.79 Å². The number of benzene rings is 1. The Labute approximate surface area is 176 Å². The maximum Gasteiger partial charge on any atom is 0.221 e. The zero-order chi connectivity index (χ0) is 16.7. The molecule has 0 bridgehead atoms. The highest BCUT2D eigenvalue weighted by molar-refractivity contribution is 5.86. The molecule has 1 aromatic carbocycles. The Morgan fingerprint density at radius 2 is 1.69 bits per heavy atom. The van der Waals surface area contributed by atoms with E-state index < -0.39 is 0 Å². The van der Waals surface area contributed by atoms with Gasteiger partial charge < -0.3 is 20.9 Å². The van der Waals surface area contributed by atoms with Crippen LogP contribution in [0.15, 0.2) is 30.3 Å². The predicted octanol–water partition coefficient (Wildman–Crippen LogP) is 2.34. The molecule has 0 aliphatic carbocycles. The third-order valence-corrected chi connectivity index (χ3v) is 4.45. The molecule has 0 aromatic heterocycles. The van der Waals surface area contributed by atoms with Gasteiger partial charge in [-0.2, -0.15) is 0 Å². The van der Waals surface area contributed by atoms with Crippen molar-refractivity contribution >= 4 is 43.1 Å². The fraction of sp³-hybridized carbons (Fsp3) is 0.611. The van der Waals surface area contributed by atoms with Crippen LogP contribution in [-0.2, 0) is 4.79 Å². The second-order valence-corrected chi connectivity index (χ2v) is 6.73. The second kappa shape index (κ2) is 14.5. The number of halogens is 3. The van der Waals surface area contributed by atoms with Crippen LogP contribution in [0.2, 0.25) is 0 Å². The molecular formula is C18H33Cl3N4O. The largest absolute Gasteiger partial charge is 0.356 e. The normalized spacial score (nSPS) is 17.0. The number of amides is 1. The summed E-state index contributed by atoms with van der Waals surface area (Å²) in [6, 6.07) is 9.55. The van der Waals surface area contributed by atoms with Crippen LogP contribution in [0.25, 0.3) is 0 Å². The quantitative estimate of drug-likeness (QED) is 0.701. The van der Waals surface area contributed by atoms with Gasteiger partial charge in [-0.15, -0.1) is 37.2 Å². The second-order valence-electron chi connectivity index (χ2n) is 6.73. The van der Waals surface area contributed by atoms with Crippen LogP contribution >= 0.6 is 37.2 Å². The SMILES string of the molecule is CC(CNC(=O)CC(N)c1ccccc1)CN1CCN(C)CC1.Cl.Cl.Cl. The molecule has 1 amide bonds. The van der Waals surface area contributed by atoms with E-state index in [1.54, 1.807) is 0 Å². The summed E-state index contributed by atoms with van der Waals surface area (Å²) in [5.74, 6) is 0.488. The summed E-state index contributed by atoms with van der Waals surface area (Å²) in [5.41, 5.74) is 7.10. The number of likely N-dealkylation sites (N-methyl/N-ethyl adjacent to an activating group) is 1. The highest BCUT2D eigenvalue weighted by Gasteiger charge is 2.17. The first-order valence-electron chi connectivity index (χ1n) is 8.52. The molecule has 1 heterocycles. The summed E-state index contributed by atoms with van der Waals surface area (Å²) in [7, 11) is 2.16. The van der Waals surface area contributed by atoms with Crippen molar-refractivity contribution in [3.63, 3.8) is 0 Å². The van der Waals surface area contributed by atoms with Gasteiger partial charge in [0.25, 0.3) is 0 Å². The Hall–Kier alpha value is -0.560. The molecule has 5 nitrogen and oxygen atoms in total. The molecule has 1 aromatic rings. The summed E-state index contributed by atoms with van der Waals surface area (Å²) in [5, 5.41) is 3.03. The lowest BCUT2D eigenvalue weighted by atomic mass is 10.0. The van der Waals surface area contributed by atoms with Crippen molar-refractivity contribution in [1.82, 2.24) is 15.1 Å². The summed E-state index contributed by atoms with van der Waals surface area (Å²) >= 11 is 0. The van der Waals surface area contributed by atoms with E-state index in [1.807, 2.05) is 30.3 Å². The van der Waals surface area contributed by atoms with E-state index >= 15 is 0 Å². The van der Waals surface area contributed by atoms with Crippen LogP contribution in [0.4, 0.5) is 0 Å². The van der Waals surface area contributed by atoms with E-state index in [4.69, 9.17) is 5.73 Å². The van der Waals surface area contributed by atoms with Gasteiger partial charge in [-0.3, -0.25) is 4.79 Å². The van der Waals surface area contributed by atoms with E-state index in [0.29, 0.717) is 18.9 Å². The Bertz CT molecular complexity index is 485. The Morgan fingerprint density at radius 3 is 2.27 bits per heavy atom. The van der Waals surface area contributed by atoms with Crippen LogP contribution in [0.1, 0.15) is 24.9 Å². The molecule has 1 fully saturated rings. The minimum absolute atomic E-state index is 0. The van der Waals surface area contributed by atoms with Crippen molar-refractivity contribution in [3.8, 4) is 0 Å². The zero-order valence-electron chi connectivity index (χ0n) is 15.6. The minimum Gasteiger partial charge on any atom is -0.356 e. The molecule has 0 spiro atoms. The Kier molecular flexibility index (Phi) is 15.4. The van der Waals surface area contributed by atoms with Crippen LogP contribution in [0, 0.1) is 5.92 Å². The monoisotopic (exact) mass is 426 g/mol. The average molecular weight is 428 g/mol. The third-order valence-electron chi connectivity index (χ3n) is 4.45. The highest BCUT2D eigenvalue weighted by Crippen LogP contribution is 2.13. The number of nitrogens with one attached hydrogen (secondary N) is 1. The van der Waals surface area contributed by atoms with Gasteiger partial charge in [-0.25, -0.2) is 0 Å². The lowest BCUT2D eigenvalue weighted by molar-refractivity contribution is -0.121. The molecule has 26 heavy (non-hydrogen) atoms. The molecule has 0 radical (unpaired) electrons. The predicted molar refractivity (Wildman–Crippen MR) is 116 cm³/mol. The number of carbonyl (C=O) groups is 1. The lowest BCUT2D eigenvalue weighted by Gasteiger charge is -2.34. The fourth-order valence-electron chi connectivity index (χ4n) is 2.91. The molecule has 2 rings (SSSR count). The molecule has 2 atom stereocenters. The molecule has 0 saturated carbocycles. The average Bonchev–Trinajstić information content (AvgIpc) is 2.56. The first-order valence-corrected chi connectivity index (χ1v) is 8.52. The summed E-state index contributed by atoms with van der Waals surface area (Å²) in [6.45, 7) is 8.44. The van der Waals surface area contributed by atoms with Gasteiger partial charge in [0, 0.05) is 51.7 Å². The van der Waals surface area contributed by atoms with Crippen molar-refractivity contribution in [2.24, 2.45) is 11.7 Å². The Morgan fingerprint density at radius 1 is 1.12 bits per heavy atom. The number of hydrogen-bond donors (Lipinski definition) is 2. The Balaban J connectivity index is 0. The molecule has 1 saturated heterocycles. The first kappa shape index (κ1) is 27.7. The number of hydrogen-bond acceptors (Lipinski definition) is 4. The molecule has 8 heteroatoms. The maximum absolute atomic E-state index is 12.1. The van der Waals surface area contributed by atoms with E-state index in [2.05, 4.69) is 29.1 Å². The smallest absolute Gasteiger partial charge is 0.221 e. The fourth-order valence-corrected chi connectivity index (χ4v) is 2.91. The van der Waals surface area contributed by atoms with Crippen LogP contribution in [0.5, 0.6) is 0 Å². The topological polar surface area (TPSA) is 61.6 Å². The third kappa shape index (κ3) is 9.95. The summed E-state index contributed by atoms with van der Waals surface area (Å²) in [4.78, 5) is 16.9.